The lowest BCUT2D eigenvalue weighted by Crippen LogP contribution is -2.49. The number of carbonyl (C=O) groups is 1. The normalized spacial score (nSPS) is 16.8. The second kappa shape index (κ2) is 5.69. The highest BCUT2D eigenvalue weighted by atomic mass is 16.3. The highest BCUT2D eigenvalue weighted by molar-refractivity contribution is 5.95. The molecule has 1 amide bonds. The quantitative estimate of drug-likeness (QED) is 0.901. The van der Waals surface area contributed by atoms with Crippen LogP contribution >= 0.6 is 0 Å². The van der Waals surface area contributed by atoms with Gasteiger partial charge in [-0.3, -0.25) is 4.79 Å². The molecule has 5 nitrogen and oxygen atoms in total. The lowest BCUT2D eigenvalue weighted by Gasteiger charge is -2.28. The predicted octanol–water partition coefficient (Wildman–Crippen LogP) is 1.91. The number of nitrogens with one attached hydrogen (secondary N) is 1. The van der Waals surface area contributed by atoms with Crippen LogP contribution in [-0.2, 0) is 0 Å². The Bertz CT molecular complexity index is 616. The smallest absolute Gasteiger partial charge is 0.251 e. The molecule has 1 aliphatic rings. The molecule has 2 aromatic rings. The zero-order valence-electron chi connectivity index (χ0n) is 11.8. The topological polar surface area (TPSA) is 67.2 Å². The maximum atomic E-state index is 12.4. The molecule has 0 unspecified atom stereocenters. The number of aromatic nitrogens is 2. The van der Waals surface area contributed by atoms with Crippen molar-refractivity contribution in [2.24, 2.45) is 0 Å². The van der Waals surface area contributed by atoms with Gasteiger partial charge in [-0.25, -0.2) is 4.98 Å². The first-order chi connectivity index (χ1) is 10.2. The van der Waals surface area contributed by atoms with E-state index in [-0.39, 0.29) is 12.5 Å². The third kappa shape index (κ3) is 2.83. The molecule has 1 fully saturated rings. The van der Waals surface area contributed by atoms with Crippen LogP contribution in [0, 0.1) is 0 Å². The van der Waals surface area contributed by atoms with Crippen molar-refractivity contribution in [3.05, 3.63) is 48.5 Å². The SMILES string of the molecule is O=C(NC1(CO)CCCC1)c1cccc(-n2ccnc2)c1. The fourth-order valence-electron chi connectivity index (χ4n) is 2.91. The van der Waals surface area contributed by atoms with E-state index in [1.165, 1.54) is 0 Å². The highest BCUT2D eigenvalue weighted by Crippen LogP contribution is 2.29. The summed E-state index contributed by atoms with van der Waals surface area (Å²) in [6, 6.07) is 7.40. The van der Waals surface area contributed by atoms with Crippen molar-refractivity contribution in [1.29, 1.82) is 0 Å². The van der Waals surface area contributed by atoms with Crippen molar-refractivity contribution >= 4 is 5.91 Å². The van der Waals surface area contributed by atoms with Crippen LogP contribution in [0.3, 0.4) is 0 Å². The van der Waals surface area contributed by atoms with Gasteiger partial charge < -0.3 is 15.0 Å². The van der Waals surface area contributed by atoms with E-state index in [2.05, 4.69) is 10.3 Å². The summed E-state index contributed by atoms with van der Waals surface area (Å²) in [6.45, 7) is -0.0000483. The molecule has 5 heteroatoms. The number of benzene rings is 1. The van der Waals surface area contributed by atoms with E-state index in [4.69, 9.17) is 0 Å². The number of carbonyl (C=O) groups excluding carboxylic acids is 1. The number of hydrogen-bond donors (Lipinski definition) is 2. The molecule has 110 valence electrons. The maximum absolute atomic E-state index is 12.4. The van der Waals surface area contributed by atoms with Gasteiger partial charge in [-0.1, -0.05) is 18.9 Å². The molecular formula is C16H19N3O2. The van der Waals surface area contributed by atoms with Gasteiger partial charge in [0.2, 0.25) is 0 Å². The van der Waals surface area contributed by atoms with Crippen molar-refractivity contribution in [3.63, 3.8) is 0 Å². The summed E-state index contributed by atoms with van der Waals surface area (Å²) in [6.07, 6.45) is 9.02. The molecule has 0 bridgehead atoms. The molecule has 0 spiro atoms. The molecule has 0 aliphatic heterocycles. The number of aliphatic hydroxyl groups excluding tert-OH is 1. The molecule has 1 saturated carbocycles. The Morgan fingerprint density at radius 2 is 2.19 bits per heavy atom. The number of aliphatic hydroxyl groups is 1. The zero-order valence-corrected chi connectivity index (χ0v) is 11.8. The lowest BCUT2D eigenvalue weighted by molar-refractivity contribution is 0.0838. The molecule has 3 rings (SSSR count). The number of amides is 1. The molecule has 0 radical (unpaired) electrons. The van der Waals surface area contributed by atoms with Gasteiger partial charge >= 0.3 is 0 Å². The van der Waals surface area contributed by atoms with Gasteiger partial charge in [0.15, 0.2) is 0 Å². The standard InChI is InChI=1S/C16H19N3O2/c20-11-16(6-1-2-7-16)18-15(21)13-4-3-5-14(10-13)19-9-8-17-12-19/h3-5,8-10,12,20H,1-2,6-7,11H2,(H,18,21). The van der Waals surface area contributed by atoms with Crippen molar-refractivity contribution in [3.8, 4) is 5.69 Å². The average molecular weight is 285 g/mol. The molecule has 1 aliphatic carbocycles. The third-order valence-electron chi connectivity index (χ3n) is 4.15. The molecule has 0 atom stereocenters. The Balaban J connectivity index is 1.80. The Hall–Kier alpha value is -2.14. The van der Waals surface area contributed by atoms with Crippen LogP contribution in [0.4, 0.5) is 0 Å². The van der Waals surface area contributed by atoms with E-state index in [0.29, 0.717) is 5.56 Å². The molecule has 21 heavy (non-hydrogen) atoms. The highest BCUT2D eigenvalue weighted by Gasteiger charge is 2.34. The monoisotopic (exact) mass is 285 g/mol. The van der Waals surface area contributed by atoms with Gasteiger partial charge in [0.25, 0.3) is 5.91 Å². The van der Waals surface area contributed by atoms with E-state index >= 15 is 0 Å². The summed E-state index contributed by atoms with van der Waals surface area (Å²) in [5, 5.41) is 12.6. The average Bonchev–Trinajstić information content (AvgIpc) is 3.19. The first-order valence-electron chi connectivity index (χ1n) is 7.24. The molecule has 0 saturated heterocycles. The molecule has 1 aromatic heterocycles. The number of imidazole rings is 1. The third-order valence-corrected chi connectivity index (χ3v) is 4.15. The molecule has 2 N–H and O–H groups in total. The van der Waals surface area contributed by atoms with E-state index in [9.17, 15) is 9.90 Å². The van der Waals surface area contributed by atoms with Crippen molar-refractivity contribution < 1.29 is 9.90 Å². The summed E-state index contributed by atoms with van der Waals surface area (Å²) in [5.74, 6) is -0.132. The maximum Gasteiger partial charge on any atom is 0.251 e. The van der Waals surface area contributed by atoms with Crippen LogP contribution in [0.5, 0.6) is 0 Å². The largest absolute Gasteiger partial charge is 0.394 e. The molecule has 1 heterocycles. The second-order valence-corrected chi connectivity index (χ2v) is 5.62. The van der Waals surface area contributed by atoms with Crippen LogP contribution < -0.4 is 5.32 Å². The van der Waals surface area contributed by atoms with Gasteiger partial charge in [-0.05, 0) is 31.0 Å². The van der Waals surface area contributed by atoms with E-state index in [1.807, 2.05) is 29.0 Å². The Morgan fingerprint density at radius 3 is 2.86 bits per heavy atom. The van der Waals surface area contributed by atoms with Gasteiger partial charge in [-0.15, -0.1) is 0 Å². The van der Waals surface area contributed by atoms with Gasteiger partial charge in [0.1, 0.15) is 0 Å². The number of rotatable bonds is 4. The zero-order chi connectivity index (χ0) is 14.7. The first-order valence-corrected chi connectivity index (χ1v) is 7.24. The lowest BCUT2D eigenvalue weighted by atomic mass is 9.98. The van der Waals surface area contributed by atoms with Gasteiger partial charge in [0, 0.05) is 23.6 Å². The van der Waals surface area contributed by atoms with E-state index in [0.717, 1.165) is 31.4 Å². The first kappa shape index (κ1) is 13.8. The second-order valence-electron chi connectivity index (χ2n) is 5.62. The van der Waals surface area contributed by atoms with E-state index < -0.39 is 5.54 Å². The summed E-state index contributed by atoms with van der Waals surface area (Å²) < 4.78 is 1.86. The van der Waals surface area contributed by atoms with Gasteiger partial charge in [0.05, 0.1) is 18.5 Å². The molecule has 1 aromatic carbocycles. The fraction of sp³-hybridized carbons (Fsp3) is 0.375. The summed E-state index contributed by atoms with van der Waals surface area (Å²) in [5.41, 5.74) is 1.05. The van der Waals surface area contributed by atoms with Crippen molar-refractivity contribution in [2.45, 2.75) is 31.2 Å². The van der Waals surface area contributed by atoms with Crippen LogP contribution in [0.1, 0.15) is 36.0 Å². The van der Waals surface area contributed by atoms with Gasteiger partial charge in [-0.2, -0.15) is 0 Å². The summed E-state index contributed by atoms with van der Waals surface area (Å²) in [4.78, 5) is 16.4. The van der Waals surface area contributed by atoms with Crippen LogP contribution in [0.15, 0.2) is 43.0 Å². The van der Waals surface area contributed by atoms with Crippen molar-refractivity contribution in [2.75, 3.05) is 6.61 Å². The predicted molar refractivity (Wildman–Crippen MR) is 79.3 cm³/mol. The van der Waals surface area contributed by atoms with Crippen LogP contribution in [0.2, 0.25) is 0 Å². The molecular weight excluding hydrogens is 266 g/mol. The Kier molecular flexibility index (Phi) is 3.75. The van der Waals surface area contributed by atoms with Crippen LogP contribution in [0.25, 0.3) is 5.69 Å². The fourth-order valence-corrected chi connectivity index (χ4v) is 2.91. The number of hydrogen-bond acceptors (Lipinski definition) is 3. The minimum atomic E-state index is -0.442. The Labute approximate surface area is 123 Å². The Morgan fingerprint density at radius 1 is 1.38 bits per heavy atom. The van der Waals surface area contributed by atoms with Crippen LogP contribution in [-0.4, -0.2) is 32.7 Å². The minimum absolute atomic E-state index is 0.0000483. The summed E-state index contributed by atoms with van der Waals surface area (Å²) in [7, 11) is 0. The number of nitrogens with zero attached hydrogens (tertiary/aromatic N) is 2. The minimum Gasteiger partial charge on any atom is -0.394 e. The van der Waals surface area contributed by atoms with E-state index in [1.54, 1.807) is 18.6 Å². The van der Waals surface area contributed by atoms with Crippen molar-refractivity contribution in [1.82, 2.24) is 14.9 Å². The summed E-state index contributed by atoms with van der Waals surface area (Å²) >= 11 is 0.